The van der Waals surface area contributed by atoms with Gasteiger partial charge < -0.3 is 30.5 Å². The summed E-state index contributed by atoms with van der Waals surface area (Å²) in [4.78, 5) is 54.3. The highest BCUT2D eigenvalue weighted by Crippen LogP contribution is 2.33. The number of amides is 4. The minimum Gasteiger partial charge on any atom is -0.444 e. The normalized spacial score (nSPS) is 22.2. The maximum Gasteiger partial charge on any atom is 0.408 e. The third kappa shape index (κ3) is 9.45. The third-order valence-corrected chi connectivity index (χ3v) is 7.53. The second-order valence-corrected chi connectivity index (χ2v) is 13.5. The number of aliphatic hydroxyl groups excluding tert-OH is 1. The first-order valence-electron chi connectivity index (χ1n) is 13.9. The fourth-order valence-electron chi connectivity index (χ4n) is 5.13. The lowest BCUT2D eigenvalue weighted by atomic mass is 9.79. The fraction of sp³-hybridized carbons (Fsp3) is 0.786. The van der Waals surface area contributed by atoms with Gasteiger partial charge in [0, 0.05) is 12.5 Å². The Balaban J connectivity index is 2.36. The lowest BCUT2D eigenvalue weighted by Gasteiger charge is -2.37. The van der Waals surface area contributed by atoms with Gasteiger partial charge in [0.25, 0.3) is 5.91 Å². The quantitative estimate of drug-likeness (QED) is 0.249. The number of nitrogens with one attached hydrogen (secondary N) is 3. The summed E-state index contributed by atoms with van der Waals surface area (Å²) >= 11 is 0. The van der Waals surface area contributed by atoms with Gasteiger partial charge >= 0.3 is 6.09 Å². The molecule has 1 saturated carbocycles. The van der Waals surface area contributed by atoms with Crippen LogP contribution in [0.25, 0.3) is 0 Å². The Labute approximate surface area is 235 Å². The molecule has 2 rings (SSSR count). The average Bonchev–Trinajstić information content (AvgIpc) is 3.18. The molecule has 1 saturated heterocycles. The summed E-state index contributed by atoms with van der Waals surface area (Å²) in [5.41, 5.74) is -0.386. The maximum absolute atomic E-state index is 14.0. The van der Waals surface area contributed by atoms with Crippen molar-refractivity contribution in [2.24, 2.45) is 17.3 Å². The van der Waals surface area contributed by atoms with Gasteiger partial charge in [-0.15, -0.1) is 0 Å². The molecule has 1 aliphatic heterocycles. The summed E-state index contributed by atoms with van der Waals surface area (Å²) in [6.45, 7) is 15.0. The molecule has 2 fully saturated rings. The first kappa shape index (κ1) is 33.0. The van der Waals surface area contributed by atoms with Crippen LogP contribution in [0.15, 0.2) is 11.6 Å². The van der Waals surface area contributed by atoms with E-state index in [0.29, 0.717) is 25.3 Å². The van der Waals surface area contributed by atoms with E-state index >= 15 is 0 Å². The zero-order valence-corrected chi connectivity index (χ0v) is 26.0. The molecule has 1 heterocycles. The molecule has 39 heavy (non-hydrogen) atoms. The number of ether oxygens (including phenoxy) is 1. The molecule has 0 radical (unpaired) electrons. The molecule has 0 bridgehead atoms. The van der Waals surface area contributed by atoms with E-state index in [-0.39, 0.29) is 11.8 Å². The van der Waals surface area contributed by atoms with Crippen molar-refractivity contribution in [3.05, 3.63) is 11.6 Å². The van der Waals surface area contributed by atoms with Crippen molar-refractivity contribution < 1.29 is 29.0 Å². The highest BCUT2D eigenvalue weighted by molar-refractivity contribution is 7.15. The van der Waals surface area contributed by atoms with Crippen LogP contribution in [0.3, 0.4) is 0 Å². The second-order valence-electron chi connectivity index (χ2n) is 13.2. The molecule has 3 unspecified atom stereocenters. The number of aliphatic hydroxyl groups is 1. The van der Waals surface area contributed by atoms with E-state index in [1.807, 2.05) is 40.7 Å². The van der Waals surface area contributed by atoms with E-state index < -0.39 is 53.2 Å². The predicted octanol–water partition coefficient (Wildman–Crippen LogP) is 3.05. The van der Waals surface area contributed by atoms with E-state index in [1.54, 1.807) is 20.8 Å². The maximum atomic E-state index is 14.0. The number of hydrogen-bond acceptors (Lipinski definition) is 6. The van der Waals surface area contributed by atoms with Gasteiger partial charge in [0.15, 0.2) is 6.10 Å². The number of rotatable bonds is 9. The highest BCUT2D eigenvalue weighted by Gasteiger charge is 2.47. The summed E-state index contributed by atoms with van der Waals surface area (Å²) in [5, 5.41) is 18.7. The minimum atomic E-state index is -1.42. The molecule has 0 aromatic rings. The fourth-order valence-corrected chi connectivity index (χ4v) is 5.30. The zero-order chi connectivity index (χ0) is 29.7. The van der Waals surface area contributed by atoms with Gasteiger partial charge in [-0.25, -0.2) is 4.79 Å². The lowest BCUT2D eigenvalue weighted by Crippen LogP contribution is -2.60. The Morgan fingerprint density at radius 3 is 2.13 bits per heavy atom. The van der Waals surface area contributed by atoms with E-state index in [4.69, 9.17) is 4.74 Å². The van der Waals surface area contributed by atoms with Crippen LogP contribution in [0.5, 0.6) is 0 Å². The van der Waals surface area contributed by atoms with Crippen LogP contribution in [0.2, 0.25) is 0 Å². The molecule has 2 aliphatic rings. The van der Waals surface area contributed by atoms with Crippen LogP contribution in [0, 0.1) is 17.3 Å². The Kier molecular flexibility index (Phi) is 11.4. The lowest BCUT2D eigenvalue weighted by molar-refractivity contribution is -0.143. The molecule has 4 amide bonds. The van der Waals surface area contributed by atoms with E-state index in [0.717, 1.165) is 24.8 Å². The summed E-state index contributed by atoms with van der Waals surface area (Å²) in [6, 6.07) is -2.58. The summed E-state index contributed by atoms with van der Waals surface area (Å²) in [6.07, 6.45) is 3.96. The molecule has 4 N–H and O–H groups in total. The largest absolute Gasteiger partial charge is 0.444 e. The number of alkyl carbamates (subject to hydrolysis) is 1. The van der Waals surface area contributed by atoms with Crippen LogP contribution in [0.1, 0.15) is 87.5 Å². The Morgan fingerprint density at radius 2 is 1.67 bits per heavy atom. The number of allylic oxidation sites excluding steroid dienone is 1. The molecule has 0 aromatic carbocycles. The zero-order valence-electron chi connectivity index (χ0n) is 24.8. The van der Waals surface area contributed by atoms with Crippen molar-refractivity contribution >= 4 is 33.2 Å². The Bertz CT molecular complexity index is 933. The average molecular weight is 569 g/mol. The summed E-state index contributed by atoms with van der Waals surface area (Å²) < 4.78 is 5.41. The van der Waals surface area contributed by atoms with Crippen molar-refractivity contribution in [1.82, 2.24) is 20.6 Å². The van der Waals surface area contributed by atoms with Gasteiger partial charge in [-0.2, -0.15) is 0 Å². The van der Waals surface area contributed by atoms with Crippen LogP contribution in [0.4, 0.5) is 4.79 Å². The van der Waals surface area contributed by atoms with Gasteiger partial charge in [0.1, 0.15) is 17.7 Å². The van der Waals surface area contributed by atoms with Gasteiger partial charge in [0.2, 0.25) is 11.8 Å². The molecular weight excluding hydrogens is 519 g/mol. The second kappa shape index (κ2) is 13.4. The molecule has 6 atom stereocenters. The Hall–Kier alpha value is -2.19. The minimum absolute atomic E-state index is 0.252. The van der Waals surface area contributed by atoms with Gasteiger partial charge in [-0.3, -0.25) is 14.4 Å². The monoisotopic (exact) mass is 568 g/mol. The third-order valence-electron chi connectivity index (χ3n) is 7.25. The summed E-state index contributed by atoms with van der Waals surface area (Å²) in [7, 11) is 2.08. The van der Waals surface area contributed by atoms with Crippen molar-refractivity contribution in [3.63, 3.8) is 0 Å². The number of carbonyl (C=O) groups is 4. The molecule has 11 heteroatoms. The smallest absolute Gasteiger partial charge is 0.408 e. The molecule has 222 valence electrons. The Morgan fingerprint density at radius 1 is 1.05 bits per heavy atom. The molecule has 1 aliphatic carbocycles. The van der Waals surface area contributed by atoms with Gasteiger partial charge in [-0.1, -0.05) is 51.7 Å². The summed E-state index contributed by atoms with van der Waals surface area (Å²) in [5.74, 6) is -1.33. The SMILES string of the molecule is CC(C)=C[C@H]1CCN(C(=O)[C@@H](NC(=O)OC(C)(C)C)C(C)(C)C)[C@@H]1C(=O)NC(CC1CCC1)C(O)C(=O)NP. The predicted molar refractivity (Wildman–Crippen MR) is 153 cm³/mol. The van der Waals surface area contributed by atoms with E-state index in [2.05, 4.69) is 25.1 Å². The molecule has 10 nitrogen and oxygen atoms in total. The van der Waals surface area contributed by atoms with Crippen molar-refractivity contribution in [3.8, 4) is 0 Å². The van der Waals surface area contributed by atoms with Gasteiger partial charge in [0.05, 0.1) is 6.04 Å². The highest BCUT2D eigenvalue weighted by atomic mass is 31.0. The number of hydrogen-bond donors (Lipinski definition) is 4. The van der Waals surface area contributed by atoms with Crippen LogP contribution >= 0.6 is 9.39 Å². The van der Waals surface area contributed by atoms with E-state index in [1.165, 1.54) is 4.90 Å². The standard InChI is InChI=1S/C28H49N4O6P/c1-16(2)14-18-12-13-32(25(36)22(27(3,4)5)30-26(37)38-28(6,7)8)20(18)23(34)29-19(15-17-10-9-11-17)21(33)24(35)31-39/h14,17-22,33H,9-13,15,39H2,1-8H3,(H,29,34)(H,30,37)(H,31,35)/t18-,19?,20+,21?,22-/m1/s1. The number of likely N-dealkylation sites (tertiary alicyclic amines) is 1. The van der Waals surface area contributed by atoms with Gasteiger partial charge in [-0.05, 0) is 68.2 Å². The number of nitrogens with zero attached hydrogens (tertiary/aromatic N) is 1. The molecular formula is C28H49N4O6P. The molecule has 0 spiro atoms. The molecule has 0 aromatic heterocycles. The van der Waals surface area contributed by atoms with Crippen LogP contribution < -0.4 is 15.7 Å². The first-order chi connectivity index (χ1) is 17.9. The number of carbonyl (C=O) groups excluding carboxylic acids is 4. The van der Waals surface area contributed by atoms with E-state index in [9.17, 15) is 24.3 Å². The van der Waals surface area contributed by atoms with Crippen molar-refractivity contribution in [2.45, 2.75) is 117 Å². The van der Waals surface area contributed by atoms with Crippen LogP contribution in [-0.4, -0.2) is 70.2 Å². The first-order valence-corrected chi connectivity index (χ1v) is 14.5. The topological polar surface area (TPSA) is 137 Å². The van der Waals surface area contributed by atoms with Crippen molar-refractivity contribution in [1.29, 1.82) is 0 Å². The van der Waals surface area contributed by atoms with Crippen LogP contribution in [-0.2, 0) is 19.1 Å². The van der Waals surface area contributed by atoms with Crippen molar-refractivity contribution in [2.75, 3.05) is 6.54 Å².